The number of rotatable bonds is 6. The number of halogens is 1. The highest BCUT2D eigenvalue weighted by Gasteiger charge is 2.14. The van der Waals surface area contributed by atoms with Crippen LogP contribution in [0, 0.1) is 12.7 Å². The van der Waals surface area contributed by atoms with E-state index in [0.717, 1.165) is 22.9 Å². The molecule has 2 N–H and O–H groups in total. The standard InChI is InChI=1S/C21H18FN3O2/c1-3-7-16-13(2)23-19(14-8-5-4-6-9-14)25-20(16)24-15-10-11-17(21(26)27)18(22)12-15/h3-6,8-12H,1,7H2,2H3,(H,26,27)(H,23,24,25). The third-order valence-corrected chi connectivity index (χ3v) is 4.06. The monoisotopic (exact) mass is 363 g/mol. The molecule has 136 valence electrons. The highest BCUT2D eigenvalue weighted by molar-refractivity contribution is 5.88. The van der Waals surface area contributed by atoms with Gasteiger partial charge in [0.15, 0.2) is 5.82 Å². The molecule has 0 saturated heterocycles. The van der Waals surface area contributed by atoms with E-state index in [-0.39, 0.29) is 5.56 Å². The van der Waals surface area contributed by atoms with Gasteiger partial charge in [-0.2, -0.15) is 0 Å². The molecule has 0 fully saturated rings. The number of nitrogens with one attached hydrogen (secondary N) is 1. The fourth-order valence-corrected chi connectivity index (χ4v) is 2.71. The smallest absolute Gasteiger partial charge is 0.338 e. The number of allylic oxidation sites excluding steroid dienone is 1. The SMILES string of the molecule is C=CCc1c(C)nc(-c2ccccc2)nc1Nc1ccc(C(=O)O)c(F)c1. The first-order valence-electron chi connectivity index (χ1n) is 8.33. The van der Waals surface area contributed by atoms with Crippen LogP contribution in [0.2, 0.25) is 0 Å². The molecule has 1 aromatic heterocycles. The van der Waals surface area contributed by atoms with E-state index in [0.29, 0.717) is 23.8 Å². The maximum absolute atomic E-state index is 14.0. The molecule has 0 saturated carbocycles. The summed E-state index contributed by atoms with van der Waals surface area (Å²) < 4.78 is 14.0. The van der Waals surface area contributed by atoms with Gasteiger partial charge in [0.2, 0.25) is 0 Å². The van der Waals surface area contributed by atoms with Gasteiger partial charge in [0.05, 0.1) is 5.56 Å². The van der Waals surface area contributed by atoms with Crippen molar-refractivity contribution in [2.24, 2.45) is 0 Å². The minimum absolute atomic E-state index is 0.379. The summed E-state index contributed by atoms with van der Waals surface area (Å²) in [6.07, 6.45) is 2.28. The zero-order valence-corrected chi connectivity index (χ0v) is 14.7. The van der Waals surface area contributed by atoms with Crippen molar-refractivity contribution >= 4 is 17.5 Å². The quantitative estimate of drug-likeness (QED) is 0.618. The fourth-order valence-electron chi connectivity index (χ4n) is 2.71. The molecule has 27 heavy (non-hydrogen) atoms. The average molecular weight is 363 g/mol. The highest BCUT2D eigenvalue weighted by Crippen LogP contribution is 2.26. The van der Waals surface area contributed by atoms with E-state index < -0.39 is 11.8 Å². The normalized spacial score (nSPS) is 10.4. The van der Waals surface area contributed by atoms with Crippen LogP contribution in [-0.2, 0) is 6.42 Å². The van der Waals surface area contributed by atoms with Crippen molar-refractivity contribution in [2.75, 3.05) is 5.32 Å². The number of hydrogen-bond acceptors (Lipinski definition) is 4. The zero-order chi connectivity index (χ0) is 19.4. The molecule has 0 atom stereocenters. The second kappa shape index (κ2) is 7.78. The van der Waals surface area contributed by atoms with Crippen LogP contribution in [0.5, 0.6) is 0 Å². The summed E-state index contributed by atoms with van der Waals surface area (Å²) in [4.78, 5) is 20.1. The average Bonchev–Trinajstić information content (AvgIpc) is 2.65. The van der Waals surface area contributed by atoms with Crippen LogP contribution in [0.15, 0.2) is 61.2 Å². The Bertz CT molecular complexity index is 1000. The molecule has 0 aliphatic rings. The number of nitrogens with zero attached hydrogens (tertiary/aromatic N) is 2. The lowest BCUT2D eigenvalue weighted by Gasteiger charge is -2.14. The largest absolute Gasteiger partial charge is 0.478 e. The van der Waals surface area contributed by atoms with Crippen LogP contribution in [0.1, 0.15) is 21.6 Å². The number of aromatic carboxylic acids is 1. The Hall–Kier alpha value is -3.54. The Kier molecular flexibility index (Phi) is 5.26. The highest BCUT2D eigenvalue weighted by atomic mass is 19.1. The van der Waals surface area contributed by atoms with E-state index in [1.807, 2.05) is 37.3 Å². The molecule has 0 bridgehead atoms. The summed E-state index contributed by atoms with van der Waals surface area (Å²) in [5, 5.41) is 12.1. The lowest BCUT2D eigenvalue weighted by atomic mass is 10.1. The van der Waals surface area contributed by atoms with Crippen LogP contribution in [-0.4, -0.2) is 21.0 Å². The minimum atomic E-state index is -1.31. The molecular weight excluding hydrogens is 345 g/mol. The summed E-state index contributed by atoms with van der Waals surface area (Å²) >= 11 is 0. The fraction of sp³-hybridized carbons (Fsp3) is 0.0952. The Morgan fingerprint density at radius 2 is 1.96 bits per heavy atom. The molecule has 5 nitrogen and oxygen atoms in total. The number of carboxylic acids is 1. The molecular formula is C21H18FN3O2. The zero-order valence-electron chi connectivity index (χ0n) is 14.7. The van der Waals surface area contributed by atoms with Crippen molar-refractivity contribution in [3.05, 3.63) is 83.8 Å². The molecule has 0 aliphatic heterocycles. The van der Waals surface area contributed by atoms with Crippen molar-refractivity contribution in [3.8, 4) is 11.4 Å². The number of benzene rings is 2. The Labute approximate surface area is 156 Å². The van der Waals surface area contributed by atoms with E-state index in [1.165, 1.54) is 12.1 Å². The second-order valence-corrected chi connectivity index (χ2v) is 5.94. The van der Waals surface area contributed by atoms with E-state index in [9.17, 15) is 9.18 Å². The number of aryl methyl sites for hydroxylation is 1. The first-order chi connectivity index (χ1) is 13.0. The number of anilines is 2. The lowest BCUT2D eigenvalue weighted by molar-refractivity contribution is 0.0692. The third-order valence-electron chi connectivity index (χ3n) is 4.06. The van der Waals surface area contributed by atoms with Gasteiger partial charge in [-0.1, -0.05) is 36.4 Å². The van der Waals surface area contributed by atoms with E-state index in [1.54, 1.807) is 6.08 Å². The first kappa shape index (κ1) is 18.3. The molecule has 0 amide bonds. The topological polar surface area (TPSA) is 75.1 Å². The molecule has 3 rings (SSSR count). The van der Waals surface area contributed by atoms with Crippen LogP contribution < -0.4 is 5.32 Å². The van der Waals surface area contributed by atoms with Crippen LogP contribution >= 0.6 is 0 Å². The summed E-state index contributed by atoms with van der Waals surface area (Å²) in [6, 6.07) is 13.4. The van der Waals surface area contributed by atoms with Crippen LogP contribution in [0.3, 0.4) is 0 Å². The van der Waals surface area contributed by atoms with E-state index in [4.69, 9.17) is 5.11 Å². The molecule has 0 aliphatic carbocycles. The molecule has 2 aromatic carbocycles. The third kappa shape index (κ3) is 4.00. The van der Waals surface area contributed by atoms with Crippen molar-refractivity contribution in [3.63, 3.8) is 0 Å². The first-order valence-corrected chi connectivity index (χ1v) is 8.33. The number of carbonyl (C=O) groups is 1. The van der Waals surface area contributed by atoms with E-state index in [2.05, 4.69) is 21.9 Å². The van der Waals surface area contributed by atoms with Gasteiger partial charge in [-0.05, 0) is 31.5 Å². The summed E-state index contributed by atoms with van der Waals surface area (Å²) in [7, 11) is 0. The summed E-state index contributed by atoms with van der Waals surface area (Å²) in [5.41, 5.74) is 2.51. The second-order valence-electron chi connectivity index (χ2n) is 5.94. The van der Waals surface area contributed by atoms with Crippen molar-refractivity contribution in [1.29, 1.82) is 0 Å². The van der Waals surface area contributed by atoms with Gasteiger partial charge in [-0.3, -0.25) is 0 Å². The Morgan fingerprint density at radius 3 is 2.59 bits per heavy atom. The Balaban J connectivity index is 2.05. The predicted octanol–water partition coefficient (Wildman–Crippen LogP) is 4.76. The van der Waals surface area contributed by atoms with Crippen molar-refractivity contribution < 1.29 is 14.3 Å². The van der Waals surface area contributed by atoms with Gasteiger partial charge in [-0.15, -0.1) is 6.58 Å². The lowest BCUT2D eigenvalue weighted by Crippen LogP contribution is -2.06. The maximum atomic E-state index is 14.0. The van der Waals surface area contributed by atoms with Gasteiger partial charge < -0.3 is 10.4 Å². The van der Waals surface area contributed by atoms with Gasteiger partial charge in [0.1, 0.15) is 11.6 Å². The number of carboxylic acid groups (broad SMARTS) is 1. The molecule has 0 radical (unpaired) electrons. The van der Waals surface area contributed by atoms with E-state index >= 15 is 0 Å². The summed E-state index contributed by atoms with van der Waals surface area (Å²) in [6.45, 7) is 5.64. The van der Waals surface area contributed by atoms with Gasteiger partial charge in [0.25, 0.3) is 0 Å². The minimum Gasteiger partial charge on any atom is -0.478 e. The van der Waals surface area contributed by atoms with Crippen LogP contribution in [0.4, 0.5) is 15.9 Å². The van der Waals surface area contributed by atoms with Gasteiger partial charge in [-0.25, -0.2) is 19.2 Å². The molecule has 6 heteroatoms. The van der Waals surface area contributed by atoms with Crippen molar-refractivity contribution in [2.45, 2.75) is 13.3 Å². The predicted molar refractivity (Wildman–Crippen MR) is 103 cm³/mol. The number of hydrogen-bond donors (Lipinski definition) is 2. The molecule has 0 spiro atoms. The molecule has 0 unspecified atom stereocenters. The van der Waals surface area contributed by atoms with Gasteiger partial charge >= 0.3 is 5.97 Å². The van der Waals surface area contributed by atoms with Gasteiger partial charge in [0, 0.05) is 22.5 Å². The maximum Gasteiger partial charge on any atom is 0.338 e. The molecule has 1 heterocycles. The Morgan fingerprint density at radius 1 is 1.22 bits per heavy atom. The van der Waals surface area contributed by atoms with Crippen LogP contribution in [0.25, 0.3) is 11.4 Å². The van der Waals surface area contributed by atoms with Crippen molar-refractivity contribution in [1.82, 2.24) is 9.97 Å². The summed E-state index contributed by atoms with van der Waals surface area (Å²) in [5.74, 6) is -1.04. The number of aromatic nitrogens is 2. The molecule has 3 aromatic rings.